The molecule has 140 valence electrons. The fourth-order valence-electron chi connectivity index (χ4n) is 2.21. The van der Waals surface area contributed by atoms with E-state index in [1.165, 1.54) is 30.4 Å². The normalized spacial score (nSPS) is 12.0. The van der Waals surface area contributed by atoms with E-state index in [4.69, 9.17) is 10.5 Å². The molecular formula is C17H12F3N3O3S. The molecule has 1 unspecified atom stereocenters. The predicted molar refractivity (Wildman–Crippen MR) is 93.9 cm³/mol. The van der Waals surface area contributed by atoms with Gasteiger partial charge in [0.05, 0.1) is 21.5 Å². The summed E-state index contributed by atoms with van der Waals surface area (Å²) in [7, 11) is 0. The third-order valence-electron chi connectivity index (χ3n) is 3.59. The molecular weight excluding hydrogens is 383 g/mol. The minimum atomic E-state index is -1.71. The topological polar surface area (TPSA) is 94.3 Å². The number of nitrogens with one attached hydrogen (secondary N) is 1. The Morgan fingerprint density at radius 2 is 1.93 bits per heavy atom. The van der Waals surface area contributed by atoms with Gasteiger partial charge in [-0.25, -0.2) is 22.9 Å². The van der Waals surface area contributed by atoms with Crippen LogP contribution >= 0.6 is 11.3 Å². The van der Waals surface area contributed by atoms with E-state index in [9.17, 15) is 22.8 Å². The van der Waals surface area contributed by atoms with Crippen molar-refractivity contribution in [3.63, 3.8) is 0 Å². The van der Waals surface area contributed by atoms with Gasteiger partial charge in [0.15, 0.2) is 28.7 Å². The molecule has 1 amide bonds. The van der Waals surface area contributed by atoms with Crippen LogP contribution in [0.25, 0.3) is 10.2 Å². The van der Waals surface area contributed by atoms with Crippen molar-refractivity contribution in [2.45, 2.75) is 13.0 Å². The first-order valence-electron chi connectivity index (χ1n) is 7.57. The molecule has 3 N–H and O–H groups in total. The minimum absolute atomic E-state index is 0.171. The van der Waals surface area contributed by atoms with E-state index in [1.54, 1.807) is 6.07 Å². The van der Waals surface area contributed by atoms with Crippen molar-refractivity contribution in [3.05, 3.63) is 53.3 Å². The summed E-state index contributed by atoms with van der Waals surface area (Å²) >= 11 is 1.19. The molecule has 0 saturated carbocycles. The first-order valence-corrected chi connectivity index (χ1v) is 8.39. The molecule has 0 aliphatic rings. The Balaban J connectivity index is 1.69. The molecule has 0 bridgehead atoms. The van der Waals surface area contributed by atoms with Crippen molar-refractivity contribution in [2.24, 2.45) is 0 Å². The molecule has 3 rings (SSSR count). The summed E-state index contributed by atoms with van der Waals surface area (Å²) in [5.41, 5.74) is 5.82. The molecule has 2 aromatic carbocycles. The molecule has 0 aliphatic carbocycles. The minimum Gasteiger partial charge on any atom is -0.449 e. The lowest BCUT2D eigenvalue weighted by molar-refractivity contribution is -0.123. The van der Waals surface area contributed by atoms with Gasteiger partial charge in [0.25, 0.3) is 5.91 Å². The van der Waals surface area contributed by atoms with Crippen LogP contribution < -0.4 is 11.1 Å². The molecule has 6 nitrogen and oxygen atoms in total. The summed E-state index contributed by atoms with van der Waals surface area (Å²) in [5.74, 6) is -6.34. The lowest BCUT2D eigenvalue weighted by atomic mass is 10.2. The first-order chi connectivity index (χ1) is 12.8. The number of carbonyl (C=O) groups excluding carboxylic acids is 2. The average Bonchev–Trinajstić information content (AvgIpc) is 3.01. The average molecular weight is 395 g/mol. The lowest BCUT2D eigenvalue weighted by Gasteiger charge is -2.14. The van der Waals surface area contributed by atoms with Crippen molar-refractivity contribution in [3.8, 4) is 0 Å². The largest absolute Gasteiger partial charge is 0.449 e. The zero-order valence-corrected chi connectivity index (χ0v) is 14.6. The van der Waals surface area contributed by atoms with Gasteiger partial charge >= 0.3 is 5.97 Å². The van der Waals surface area contributed by atoms with Crippen LogP contribution in [0.3, 0.4) is 0 Å². The highest BCUT2D eigenvalue weighted by Crippen LogP contribution is 2.25. The maximum Gasteiger partial charge on any atom is 0.338 e. The Hall–Kier alpha value is -3.14. The number of ether oxygens (including phenoxy) is 1. The molecule has 0 saturated heterocycles. The van der Waals surface area contributed by atoms with Gasteiger partial charge < -0.3 is 15.8 Å². The number of aromatic nitrogens is 1. The van der Waals surface area contributed by atoms with Gasteiger partial charge in [-0.1, -0.05) is 11.3 Å². The zero-order chi connectivity index (χ0) is 19.7. The van der Waals surface area contributed by atoms with Crippen molar-refractivity contribution in [1.29, 1.82) is 0 Å². The van der Waals surface area contributed by atoms with Crippen LogP contribution in [0.5, 0.6) is 0 Å². The molecule has 0 aliphatic heterocycles. The van der Waals surface area contributed by atoms with Gasteiger partial charge in [0.1, 0.15) is 0 Å². The second-order valence-corrected chi connectivity index (χ2v) is 6.56. The number of nitrogen functional groups attached to an aromatic ring is 1. The highest BCUT2D eigenvalue weighted by Gasteiger charge is 2.22. The highest BCUT2D eigenvalue weighted by atomic mass is 32.1. The van der Waals surface area contributed by atoms with Crippen molar-refractivity contribution < 1.29 is 27.5 Å². The van der Waals surface area contributed by atoms with Crippen LogP contribution in [0.1, 0.15) is 17.3 Å². The van der Waals surface area contributed by atoms with Crippen molar-refractivity contribution >= 4 is 44.2 Å². The summed E-state index contributed by atoms with van der Waals surface area (Å²) in [6.07, 6.45) is -1.31. The number of rotatable bonds is 4. The number of nitrogens with zero attached hydrogens (tertiary/aromatic N) is 1. The number of hydrogen-bond acceptors (Lipinski definition) is 6. The molecule has 1 aromatic heterocycles. The van der Waals surface area contributed by atoms with Gasteiger partial charge in [-0.05, 0) is 37.3 Å². The van der Waals surface area contributed by atoms with E-state index in [2.05, 4.69) is 4.98 Å². The van der Waals surface area contributed by atoms with Crippen LogP contribution in [-0.4, -0.2) is 23.0 Å². The summed E-state index contributed by atoms with van der Waals surface area (Å²) in [5, 5.41) is 2.39. The molecule has 1 heterocycles. The quantitative estimate of drug-likeness (QED) is 0.521. The summed E-state index contributed by atoms with van der Waals surface area (Å²) in [6.45, 7) is 1.26. The number of thiazole rings is 1. The van der Waals surface area contributed by atoms with Gasteiger partial charge in [-0.15, -0.1) is 0 Å². The lowest BCUT2D eigenvalue weighted by Crippen LogP contribution is -2.30. The third kappa shape index (κ3) is 3.85. The number of benzene rings is 2. The van der Waals surface area contributed by atoms with Gasteiger partial charge in [0.2, 0.25) is 0 Å². The summed E-state index contributed by atoms with van der Waals surface area (Å²) < 4.78 is 45.4. The molecule has 3 aromatic rings. The fraction of sp³-hybridized carbons (Fsp3) is 0.118. The number of fused-ring (bicyclic) bond motifs is 1. The molecule has 10 heteroatoms. The van der Waals surface area contributed by atoms with Crippen LogP contribution in [0.15, 0.2) is 30.3 Å². The van der Waals surface area contributed by atoms with Crippen LogP contribution in [0, 0.1) is 17.5 Å². The van der Waals surface area contributed by atoms with Gasteiger partial charge in [-0.2, -0.15) is 0 Å². The Kier molecular flexibility index (Phi) is 5.00. The van der Waals surface area contributed by atoms with E-state index >= 15 is 0 Å². The zero-order valence-electron chi connectivity index (χ0n) is 13.8. The second-order valence-electron chi connectivity index (χ2n) is 5.49. The highest BCUT2D eigenvalue weighted by molar-refractivity contribution is 7.22. The smallest absolute Gasteiger partial charge is 0.338 e. The Morgan fingerprint density at radius 3 is 2.67 bits per heavy atom. The number of amides is 1. The maximum absolute atomic E-state index is 13.6. The summed E-state index contributed by atoms with van der Waals surface area (Å²) in [6, 6.07) is 6.10. The van der Waals surface area contributed by atoms with E-state index in [0.717, 1.165) is 6.07 Å². The maximum atomic E-state index is 13.6. The molecule has 0 spiro atoms. The monoisotopic (exact) mass is 395 g/mol. The Morgan fingerprint density at radius 1 is 1.19 bits per heavy atom. The third-order valence-corrected chi connectivity index (χ3v) is 4.43. The molecule has 27 heavy (non-hydrogen) atoms. The number of anilines is 2. The number of halogens is 3. The predicted octanol–water partition coefficient (Wildman–Crippen LogP) is 3.48. The van der Waals surface area contributed by atoms with Crippen LogP contribution in [0.4, 0.5) is 24.0 Å². The van der Waals surface area contributed by atoms with Crippen LogP contribution in [-0.2, 0) is 9.53 Å². The molecule has 1 atom stereocenters. The number of carbonyl (C=O) groups is 2. The van der Waals surface area contributed by atoms with E-state index in [-0.39, 0.29) is 5.56 Å². The number of nitrogens with two attached hydrogens (primary N) is 1. The number of hydrogen-bond donors (Lipinski definition) is 2. The molecule has 0 radical (unpaired) electrons. The second kappa shape index (κ2) is 7.23. The van der Waals surface area contributed by atoms with Crippen LogP contribution in [0.2, 0.25) is 0 Å². The van der Waals surface area contributed by atoms with E-state index < -0.39 is 41.1 Å². The van der Waals surface area contributed by atoms with Gasteiger partial charge in [0, 0.05) is 0 Å². The fourth-order valence-corrected chi connectivity index (χ4v) is 2.98. The van der Waals surface area contributed by atoms with E-state index in [1.807, 2.05) is 5.32 Å². The first kappa shape index (κ1) is 18.6. The van der Waals surface area contributed by atoms with Gasteiger partial charge in [-0.3, -0.25) is 4.79 Å². The summed E-state index contributed by atoms with van der Waals surface area (Å²) in [4.78, 5) is 28.3. The van der Waals surface area contributed by atoms with Crippen molar-refractivity contribution in [2.75, 3.05) is 11.1 Å². The SMILES string of the molecule is CC(OC(=O)c1ccc2nc(N)sc2c1)C(=O)Nc1ccc(F)c(F)c1F. The number of esters is 1. The Labute approximate surface area is 154 Å². The standard InChI is InChI=1S/C17H12F3N3O3S/c1-7(15(24)22-11-5-3-9(18)13(19)14(11)20)26-16(25)8-2-4-10-12(6-8)27-17(21)23-10/h2-7H,1H3,(H2,21,23)(H,22,24). The van der Waals surface area contributed by atoms with Crippen molar-refractivity contribution in [1.82, 2.24) is 4.98 Å². The molecule has 0 fully saturated rings. The van der Waals surface area contributed by atoms with E-state index in [0.29, 0.717) is 21.4 Å². The Bertz CT molecular complexity index is 1050.